The second-order valence-electron chi connectivity index (χ2n) is 2.95. The molecule has 0 heterocycles. The first-order valence-corrected chi connectivity index (χ1v) is 6.67. The van der Waals surface area contributed by atoms with Gasteiger partial charge in [0.1, 0.15) is 15.6 Å². The lowest BCUT2D eigenvalue weighted by Gasteiger charge is -2.08. The normalized spacial score (nSPS) is 12.8. The topological polar surface area (TPSA) is 109 Å². The van der Waals surface area contributed by atoms with Crippen LogP contribution in [0.3, 0.4) is 0 Å². The molecule has 0 bridgehead atoms. The summed E-state index contributed by atoms with van der Waals surface area (Å²) in [6.07, 6.45) is 0. The van der Waals surface area contributed by atoms with E-state index in [1.165, 1.54) is 0 Å². The maximum Gasteiger partial charge on any atom is 0.296 e. The summed E-state index contributed by atoms with van der Waals surface area (Å²) in [6.45, 7) is 0.965. The molecular weight excluding hydrogens is 263 g/mol. The van der Waals surface area contributed by atoms with Gasteiger partial charge < -0.3 is 0 Å². The monoisotopic (exact) mass is 270 g/mol. The smallest absolute Gasteiger partial charge is 0.282 e. The molecule has 0 radical (unpaired) electrons. The van der Waals surface area contributed by atoms with Crippen molar-refractivity contribution in [2.75, 3.05) is 0 Å². The summed E-state index contributed by atoms with van der Waals surface area (Å²) >= 11 is 0. The summed E-state index contributed by atoms with van der Waals surface area (Å²) in [6, 6.07) is 1.23. The Morgan fingerprint density at radius 2 is 1.56 bits per heavy atom. The fraction of sp³-hybridized carbons (Fsp3) is 0.143. The van der Waals surface area contributed by atoms with Crippen molar-refractivity contribution >= 4 is 20.2 Å². The first-order valence-electron chi connectivity index (χ1n) is 3.79. The second-order valence-corrected chi connectivity index (χ2v) is 5.70. The maximum absolute atomic E-state index is 13.0. The van der Waals surface area contributed by atoms with E-state index in [1.807, 2.05) is 0 Å². The average molecular weight is 270 g/mol. The lowest BCUT2D eigenvalue weighted by Crippen LogP contribution is -2.11. The summed E-state index contributed by atoms with van der Waals surface area (Å²) < 4.78 is 73.9. The third-order valence-electron chi connectivity index (χ3n) is 1.84. The van der Waals surface area contributed by atoms with Gasteiger partial charge >= 0.3 is 0 Å². The number of benzene rings is 1. The fourth-order valence-electron chi connectivity index (χ4n) is 1.17. The van der Waals surface area contributed by atoms with Gasteiger partial charge in [-0.2, -0.15) is 16.8 Å². The van der Waals surface area contributed by atoms with Gasteiger partial charge in [-0.1, -0.05) is 0 Å². The molecule has 0 spiro atoms. The van der Waals surface area contributed by atoms with Crippen LogP contribution in [0.2, 0.25) is 0 Å². The van der Waals surface area contributed by atoms with Crippen molar-refractivity contribution in [1.82, 2.24) is 0 Å². The molecule has 0 fully saturated rings. The molecule has 90 valence electrons. The van der Waals surface area contributed by atoms with Crippen molar-refractivity contribution in [1.29, 1.82) is 0 Å². The minimum Gasteiger partial charge on any atom is -0.282 e. The van der Waals surface area contributed by atoms with Crippen LogP contribution in [0.25, 0.3) is 0 Å². The highest BCUT2D eigenvalue weighted by molar-refractivity contribution is 7.89. The van der Waals surface area contributed by atoms with Crippen molar-refractivity contribution in [3.63, 3.8) is 0 Å². The van der Waals surface area contributed by atoms with Gasteiger partial charge in [-0.3, -0.25) is 9.11 Å². The molecule has 1 aromatic rings. The Balaban J connectivity index is 3.88. The number of halogens is 1. The molecule has 0 amide bonds. The van der Waals surface area contributed by atoms with Gasteiger partial charge in [0.25, 0.3) is 20.2 Å². The molecule has 1 aromatic carbocycles. The quantitative estimate of drug-likeness (QED) is 0.763. The van der Waals surface area contributed by atoms with Crippen molar-refractivity contribution in [2.24, 2.45) is 0 Å². The van der Waals surface area contributed by atoms with Crippen LogP contribution in [0.15, 0.2) is 21.9 Å². The summed E-state index contributed by atoms with van der Waals surface area (Å²) in [5.74, 6) is -1.01. The molecule has 1 rings (SSSR count). The highest BCUT2D eigenvalue weighted by Crippen LogP contribution is 2.26. The summed E-state index contributed by atoms with van der Waals surface area (Å²) in [5, 5.41) is 0. The zero-order valence-electron chi connectivity index (χ0n) is 7.88. The number of rotatable bonds is 2. The fourth-order valence-corrected chi connectivity index (χ4v) is 3.23. The lowest BCUT2D eigenvalue weighted by molar-refractivity contribution is 0.463. The Hall–Kier alpha value is -1.03. The van der Waals surface area contributed by atoms with Crippen LogP contribution in [-0.4, -0.2) is 25.9 Å². The van der Waals surface area contributed by atoms with Crippen molar-refractivity contribution in [2.45, 2.75) is 16.7 Å². The Bertz CT molecular complexity index is 631. The van der Waals surface area contributed by atoms with E-state index in [1.54, 1.807) is 0 Å². The van der Waals surface area contributed by atoms with Gasteiger partial charge in [-0.05, 0) is 19.1 Å². The molecule has 0 aliphatic carbocycles. The van der Waals surface area contributed by atoms with Crippen LogP contribution >= 0.6 is 0 Å². The molecule has 6 nitrogen and oxygen atoms in total. The van der Waals surface area contributed by atoms with E-state index in [0.29, 0.717) is 12.1 Å². The summed E-state index contributed by atoms with van der Waals surface area (Å²) in [7, 11) is -9.81. The highest BCUT2D eigenvalue weighted by Gasteiger charge is 2.27. The van der Waals surface area contributed by atoms with Gasteiger partial charge in [-0.15, -0.1) is 0 Å². The zero-order chi connectivity index (χ0) is 12.7. The van der Waals surface area contributed by atoms with Gasteiger partial charge in [0, 0.05) is 5.56 Å². The summed E-state index contributed by atoms with van der Waals surface area (Å²) in [4.78, 5) is -2.22. The lowest BCUT2D eigenvalue weighted by atomic mass is 10.2. The van der Waals surface area contributed by atoms with Crippen LogP contribution in [0, 0.1) is 12.7 Å². The van der Waals surface area contributed by atoms with Crippen LogP contribution in [0.1, 0.15) is 5.56 Å². The first-order chi connectivity index (χ1) is 7.05. The Kier molecular flexibility index (Phi) is 3.07. The van der Waals surface area contributed by atoms with E-state index >= 15 is 0 Å². The molecule has 16 heavy (non-hydrogen) atoms. The Morgan fingerprint density at radius 1 is 1.06 bits per heavy atom. The molecule has 2 N–H and O–H groups in total. The van der Waals surface area contributed by atoms with Crippen LogP contribution in [0.5, 0.6) is 0 Å². The summed E-state index contributed by atoms with van der Waals surface area (Å²) in [5.41, 5.74) is -0.586. The minimum absolute atomic E-state index is 0.556. The molecule has 9 heteroatoms. The zero-order valence-corrected chi connectivity index (χ0v) is 9.51. The Labute approximate surface area is 91.2 Å². The highest BCUT2D eigenvalue weighted by atomic mass is 32.2. The van der Waals surface area contributed by atoms with E-state index in [0.717, 1.165) is 6.92 Å². The van der Waals surface area contributed by atoms with Crippen LogP contribution in [-0.2, 0) is 20.2 Å². The van der Waals surface area contributed by atoms with Crippen molar-refractivity contribution in [3.05, 3.63) is 23.5 Å². The molecule has 0 aliphatic rings. The van der Waals surface area contributed by atoms with Crippen molar-refractivity contribution in [3.8, 4) is 0 Å². The van der Waals surface area contributed by atoms with Gasteiger partial charge in [0.15, 0.2) is 0 Å². The molecular formula is C7H7FO6S2. The van der Waals surface area contributed by atoms with Crippen molar-refractivity contribution < 1.29 is 30.3 Å². The van der Waals surface area contributed by atoms with E-state index in [9.17, 15) is 21.2 Å². The molecule has 0 atom stereocenters. The first kappa shape index (κ1) is 13.0. The van der Waals surface area contributed by atoms with Gasteiger partial charge in [0.05, 0.1) is 0 Å². The van der Waals surface area contributed by atoms with E-state index in [2.05, 4.69) is 0 Å². The maximum atomic E-state index is 13.0. The standard InChI is InChI=1S/C7H7FO6S2/c1-4-5(8)2-3-6(15(9,10)11)7(4)16(12,13)14/h2-3H,1H3,(H,9,10,11)(H,12,13,14). The molecule has 0 aliphatic heterocycles. The number of hydrogen-bond donors (Lipinski definition) is 2. The van der Waals surface area contributed by atoms with E-state index in [4.69, 9.17) is 9.11 Å². The SMILES string of the molecule is Cc1c(F)ccc(S(=O)(=O)O)c1S(=O)(=O)O. The molecule has 0 saturated heterocycles. The third-order valence-corrected chi connectivity index (χ3v) is 3.91. The molecule has 0 unspecified atom stereocenters. The van der Waals surface area contributed by atoms with Gasteiger partial charge in [-0.25, -0.2) is 4.39 Å². The van der Waals surface area contributed by atoms with Crippen LogP contribution < -0.4 is 0 Å². The van der Waals surface area contributed by atoms with E-state index in [-0.39, 0.29) is 0 Å². The Morgan fingerprint density at radius 3 is 1.94 bits per heavy atom. The second kappa shape index (κ2) is 3.77. The van der Waals surface area contributed by atoms with Gasteiger partial charge in [0.2, 0.25) is 0 Å². The minimum atomic E-state index is -4.95. The third kappa shape index (κ3) is 2.38. The molecule has 0 saturated carbocycles. The number of hydrogen-bond acceptors (Lipinski definition) is 4. The largest absolute Gasteiger partial charge is 0.296 e. The molecule has 0 aromatic heterocycles. The van der Waals surface area contributed by atoms with Crippen LogP contribution in [0.4, 0.5) is 4.39 Å². The predicted octanol–water partition coefficient (Wildman–Crippen LogP) is 0.628. The predicted molar refractivity (Wildman–Crippen MR) is 50.8 cm³/mol. The van der Waals surface area contributed by atoms with E-state index < -0.39 is 41.4 Å². The average Bonchev–Trinajstić information content (AvgIpc) is 2.05.